The highest BCUT2D eigenvalue weighted by molar-refractivity contribution is 5.87. The number of rotatable bonds is 6. The number of amides is 1. The number of H-pyrrole nitrogens is 1. The first kappa shape index (κ1) is 14.8. The molecular weight excluding hydrogens is 274 g/mol. The lowest BCUT2D eigenvalue weighted by Crippen LogP contribution is -2.33. The third-order valence-electron chi connectivity index (χ3n) is 5.10. The van der Waals surface area contributed by atoms with Crippen molar-refractivity contribution in [2.24, 2.45) is 11.3 Å². The van der Waals surface area contributed by atoms with Crippen molar-refractivity contribution < 1.29 is 4.79 Å². The fourth-order valence-electron chi connectivity index (χ4n) is 3.43. The third-order valence-corrected chi connectivity index (χ3v) is 5.10. The number of aromatic amines is 1. The summed E-state index contributed by atoms with van der Waals surface area (Å²) in [7, 11) is 0. The Bertz CT molecular complexity index is 623. The highest BCUT2D eigenvalue weighted by Gasteiger charge is 2.64. The lowest BCUT2D eigenvalue weighted by atomic mass is 10.0. The van der Waals surface area contributed by atoms with Gasteiger partial charge in [-0.15, -0.1) is 0 Å². The molecule has 1 amide bonds. The lowest BCUT2D eigenvalue weighted by Gasteiger charge is -2.12. The summed E-state index contributed by atoms with van der Waals surface area (Å²) in [6, 6.07) is 10.4. The fourth-order valence-corrected chi connectivity index (χ4v) is 3.43. The molecule has 1 saturated carbocycles. The molecule has 1 fully saturated rings. The first-order valence-electron chi connectivity index (χ1n) is 7.94. The van der Waals surface area contributed by atoms with Gasteiger partial charge in [-0.25, -0.2) is 4.98 Å². The number of nitrogens with one attached hydrogen (secondary N) is 2. The van der Waals surface area contributed by atoms with Gasteiger partial charge in [-0.3, -0.25) is 4.79 Å². The quantitative estimate of drug-likeness (QED) is 0.805. The summed E-state index contributed by atoms with van der Waals surface area (Å²) >= 11 is 0. The molecule has 1 aromatic heterocycles. The number of nitrogens with zero attached hydrogens (tertiary/aromatic N) is 1. The molecule has 3 atom stereocenters. The number of carbonyl (C=O) groups is 1. The van der Waals surface area contributed by atoms with Crippen molar-refractivity contribution in [1.29, 1.82) is 0 Å². The van der Waals surface area contributed by atoms with Crippen LogP contribution in [0.4, 0.5) is 0 Å². The summed E-state index contributed by atoms with van der Waals surface area (Å²) in [5, 5.41) is 3.10. The van der Waals surface area contributed by atoms with Crippen molar-refractivity contribution in [2.75, 3.05) is 6.54 Å². The molecule has 116 valence electrons. The van der Waals surface area contributed by atoms with E-state index >= 15 is 0 Å². The zero-order valence-corrected chi connectivity index (χ0v) is 13.2. The SMILES string of the molecule is C[C@@H]1C(c2cnc[nH]2)C1(C)C(=O)NCCCc1ccccc1. The molecule has 4 heteroatoms. The van der Waals surface area contributed by atoms with Crippen LogP contribution in [-0.2, 0) is 11.2 Å². The Balaban J connectivity index is 1.48. The average molecular weight is 297 g/mol. The molecule has 1 aliphatic rings. The van der Waals surface area contributed by atoms with Crippen LogP contribution in [0.3, 0.4) is 0 Å². The third kappa shape index (κ3) is 2.65. The molecule has 1 heterocycles. The predicted octanol–water partition coefficient (Wildman–Crippen LogP) is 2.90. The summed E-state index contributed by atoms with van der Waals surface area (Å²) in [5.41, 5.74) is 2.08. The molecule has 22 heavy (non-hydrogen) atoms. The maximum Gasteiger partial charge on any atom is 0.226 e. The lowest BCUT2D eigenvalue weighted by molar-refractivity contribution is -0.126. The fraction of sp³-hybridized carbons (Fsp3) is 0.444. The molecule has 0 saturated heterocycles. The van der Waals surface area contributed by atoms with Crippen LogP contribution < -0.4 is 5.32 Å². The minimum absolute atomic E-state index is 0.160. The van der Waals surface area contributed by atoms with Gasteiger partial charge in [0.25, 0.3) is 0 Å². The highest BCUT2D eigenvalue weighted by atomic mass is 16.2. The number of aryl methyl sites for hydroxylation is 1. The Hall–Kier alpha value is -2.10. The minimum Gasteiger partial charge on any atom is -0.356 e. The molecular formula is C18H23N3O. The van der Waals surface area contributed by atoms with Crippen LogP contribution in [0.5, 0.6) is 0 Å². The van der Waals surface area contributed by atoms with Crippen molar-refractivity contribution in [3.63, 3.8) is 0 Å². The molecule has 0 aliphatic heterocycles. The van der Waals surface area contributed by atoms with Crippen LogP contribution in [0.2, 0.25) is 0 Å². The smallest absolute Gasteiger partial charge is 0.226 e. The normalized spacial score (nSPS) is 26.6. The highest BCUT2D eigenvalue weighted by Crippen LogP contribution is 2.64. The summed E-state index contributed by atoms with van der Waals surface area (Å²) in [4.78, 5) is 19.7. The van der Waals surface area contributed by atoms with Crippen LogP contribution >= 0.6 is 0 Å². The molecule has 1 aromatic carbocycles. The van der Waals surface area contributed by atoms with Crippen LogP contribution in [0.25, 0.3) is 0 Å². The molecule has 0 spiro atoms. The van der Waals surface area contributed by atoms with Gasteiger partial charge in [-0.05, 0) is 31.2 Å². The van der Waals surface area contributed by atoms with E-state index in [1.54, 1.807) is 6.33 Å². The van der Waals surface area contributed by atoms with Gasteiger partial charge in [0.05, 0.1) is 11.7 Å². The van der Waals surface area contributed by atoms with E-state index in [1.807, 2.05) is 12.3 Å². The van der Waals surface area contributed by atoms with Gasteiger partial charge in [0.2, 0.25) is 5.91 Å². The molecule has 4 nitrogen and oxygen atoms in total. The van der Waals surface area contributed by atoms with E-state index in [0.29, 0.717) is 5.92 Å². The first-order chi connectivity index (χ1) is 10.6. The Morgan fingerprint density at radius 2 is 2.14 bits per heavy atom. The zero-order valence-electron chi connectivity index (χ0n) is 13.2. The second-order valence-corrected chi connectivity index (χ2v) is 6.40. The van der Waals surface area contributed by atoms with E-state index in [2.05, 4.69) is 53.4 Å². The average Bonchev–Trinajstić information content (AvgIpc) is 2.93. The van der Waals surface area contributed by atoms with Gasteiger partial charge >= 0.3 is 0 Å². The van der Waals surface area contributed by atoms with E-state index in [0.717, 1.165) is 25.1 Å². The molecule has 2 aromatic rings. The van der Waals surface area contributed by atoms with Crippen molar-refractivity contribution in [2.45, 2.75) is 32.6 Å². The number of benzene rings is 1. The topological polar surface area (TPSA) is 57.8 Å². The minimum atomic E-state index is -0.306. The van der Waals surface area contributed by atoms with Gasteiger partial charge in [0, 0.05) is 24.4 Å². The van der Waals surface area contributed by atoms with Crippen LogP contribution in [0.15, 0.2) is 42.9 Å². The summed E-state index contributed by atoms with van der Waals surface area (Å²) in [6.45, 7) is 4.91. The Kier molecular flexibility index (Phi) is 4.01. The number of imidazole rings is 1. The van der Waals surface area contributed by atoms with Crippen molar-refractivity contribution >= 4 is 5.91 Å². The van der Waals surface area contributed by atoms with Crippen molar-refractivity contribution in [3.8, 4) is 0 Å². The number of carbonyl (C=O) groups excluding carboxylic acids is 1. The van der Waals surface area contributed by atoms with Crippen molar-refractivity contribution in [3.05, 3.63) is 54.1 Å². The molecule has 1 aliphatic carbocycles. The molecule has 2 N–H and O–H groups in total. The van der Waals surface area contributed by atoms with E-state index in [-0.39, 0.29) is 17.2 Å². The standard InChI is InChI=1S/C18H23N3O/c1-13-16(15-11-19-12-21-15)18(13,2)17(22)20-10-6-9-14-7-4-3-5-8-14/h3-5,7-8,11-13,16H,6,9-10H2,1-2H3,(H,19,21)(H,20,22)/t13-,16?,18?/m1/s1. The maximum atomic E-state index is 12.5. The Morgan fingerprint density at radius 1 is 1.36 bits per heavy atom. The van der Waals surface area contributed by atoms with Gasteiger partial charge in [-0.2, -0.15) is 0 Å². The maximum absolute atomic E-state index is 12.5. The molecule has 3 rings (SSSR count). The second kappa shape index (κ2) is 5.95. The van der Waals surface area contributed by atoms with Gasteiger partial charge < -0.3 is 10.3 Å². The van der Waals surface area contributed by atoms with E-state index in [9.17, 15) is 4.79 Å². The van der Waals surface area contributed by atoms with Gasteiger partial charge in [0.15, 0.2) is 0 Å². The Morgan fingerprint density at radius 3 is 2.82 bits per heavy atom. The van der Waals surface area contributed by atoms with Crippen LogP contribution in [0.1, 0.15) is 37.4 Å². The summed E-state index contributed by atoms with van der Waals surface area (Å²) in [6.07, 6.45) is 5.47. The van der Waals surface area contributed by atoms with Crippen LogP contribution in [-0.4, -0.2) is 22.4 Å². The van der Waals surface area contributed by atoms with E-state index in [1.165, 1.54) is 5.56 Å². The van der Waals surface area contributed by atoms with Gasteiger partial charge in [-0.1, -0.05) is 37.3 Å². The van der Waals surface area contributed by atoms with Gasteiger partial charge in [0.1, 0.15) is 0 Å². The van der Waals surface area contributed by atoms with Crippen molar-refractivity contribution in [1.82, 2.24) is 15.3 Å². The van der Waals surface area contributed by atoms with Crippen LogP contribution in [0, 0.1) is 11.3 Å². The van der Waals surface area contributed by atoms with E-state index < -0.39 is 0 Å². The monoisotopic (exact) mass is 297 g/mol. The number of hydrogen-bond donors (Lipinski definition) is 2. The second-order valence-electron chi connectivity index (χ2n) is 6.40. The zero-order chi connectivity index (χ0) is 15.6. The number of aromatic nitrogens is 2. The van der Waals surface area contributed by atoms with E-state index in [4.69, 9.17) is 0 Å². The summed E-state index contributed by atoms with van der Waals surface area (Å²) < 4.78 is 0. The molecule has 2 unspecified atom stereocenters. The molecule has 0 bridgehead atoms. The first-order valence-corrected chi connectivity index (χ1v) is 7.94. The largest absolute Gasteiger partial charge is 0.356 e. The predicted molar refractivity (Wildman–Crippen MR) is 86.4 cm³/mol. The summed E-state index contributed by atoms with van der Waals surface area (Å²) in [5.74, 6) is 0.763. The Labute approximate surface area is 131 Å². The number of hydrogen-bond acceptors (Lipinski definition) is 2. The molecule has 0 radical (unpaired) electrons.